The third kappa shape index (κ3) is 2.86. The second-order valence-electron chi connectivity index (χ2n) is 4.91. The predicted octanol–water partition coefficient (Wildman–Crippen LogP) is 3.58. The first kappa shape index (κ1) is 12.6. The Bertz CT molecular complexity index is 530. The lowest BCUT2D eigenvalue weighted by Gasteiger charge is -2.10. The SMILES string of the molecule is Cc1ccc(C)c(-c2cnc(NC(C)C)nc2)c1. The number of nitrogens with zero attached hydrogens (tertiary/aromatic N) is 2. The molecule has 0 aliphatic rings. The summed E-state index contributed by atoms with van der Waals surface area (Å²) in [5, 5.41) is 3.19. The van der Waals surface area contributed by atoms with Gasteiger partial charge in [0, 0.05) is 24.0 Å². The zero-order chi connectivity index (χ0) is 13.1. The molecule has 2 rings (SSSR count). The molecule has 0 aliphatic heterocycles. The van der Waals surface area contributed by atoms with E-state index in [-0.39, 0.29) is 0 Å². The number of anilines is 1. The molecular formula is C15H19N3. The Morgan fingerprint density at radius 2 is 1.72 bits per heavy atom. The topological polar surface area (TPSA) is 37.8 Å². The minimum Gasteiger partial charge on any atom is -0.352 e. The van der Waals surface area contributed by atoms with Crippen molar-refractivity contribution in [3.05, 3.63) is 41.7 Å². The van der Waals surface area contributed by atoms with Gasteiger partial charge in [-0.2, -0.15) is 0 Å². The molecule has 0 aliphatic carbocycles. The van der Waals surface area contributed by atoms with Gasteiger partial charge < -0.3 is 5.32 Å². The van der Waals surface area contributed by atoms with Gasteiger partial charge >= 0.3 is 0 Å². The second kappa shape index (κ2) is 5.17. The quantitative estimate of drug-likeness (QED) is 0.892. The highest BCUT2D eigenvalue weighted by atomic mass is 15.1. The highest BCUT2D eigenvalue weighted by Crippen LogP contribution is 2.23. The molecule has 3 nitrogen and oxygen atoms in total. The van der Waals surface area contributed by atoms with E-state index in [1.165, 1.54) is 16.7 Å². The van der Waals surface area contributed by atoms with Crippen LogP contribution in [0.5, 0.6) is 0 Å². The highest BCUT2D eigenvalue weighted by Gasteiger charge is 2.04. The molecule has 0 spiro atoms. The second-order valence-corrected chi connectivity index (χ2v) is 4.91. The van der Waals surface area contributed by atoms with Gasteiger partial charge in [0.05, 0.1) is 0 Å². The number of benzene rings is 1. The third-order valence-corrected chi connectivity index (χ3v) is 2.77. The molecule has 0 amide bonds. The molecule has 2 aromatic rings. The Hall–Kier alpha value is -1.90. The van der Waals surface area contributed by atoms with E-state index in [9.17, 15) is 0 Å². The summed E-state index contributed by atoms with van der Waals surface area (Å²) in [5.74, 6) is 0.680. The smallest absolute Gasteiger partial charge is 0.222 e. The van der Waals surface area contributed by atoms with Gasteiger partial charge in [-0.15, -0.1) is 0 Å². The molecule has 3 heteroatoms. The average Bonchev–Trinajstić information content (AvgIpc) is 2.33. The van der Waals surface area contributed by atoms with Gasteiger partial charge in [-0.1, -0.05) is 23.8 Å². The van der Waals surface area contributed by atoms with Crippen LogP contribution < -0.4 is 5.32 Å². The van der Waals surface area contributed by atoms with E-state index < -0.39 is 0 Å². The van der Waals surface area contributed by atoms with Crippen molar-refractivity contribution in [1.82, 2.24) is 9.97 Å². The van der Waals surface area contributed by atoms with Crippen molar-refractivity contribution >= 4 is 5.95 Å². The van der Waals surface area contributed by atoms with E-state index in [1.54, 1.807) is 0 Å². The lowest BCUT2D eigenvalue weighted by Crippen LogP contribution is -2.12. The molecule has 0 bridgehead atoms. The molecule has 0 saturated carbocycles. The van der Waals surface area contributed by atoms with Crippen molar-refractivity contribution in [1.29, 1.82) is 0 Å². The van der Waals surface area contributed by atoms with Crippen LogP contribution in [0.4, 0.5) is 5.95 Å². The predicted molar refractivity (Wildman–Crippen MR) is 75.7 cm³/mol. The third-order valence-electron chi connectivity index (χ3n) is 2.77. The van der Waals surface area contributed by atoms with Gasteiger partial charge in [0.2, 0.25) is 5.95 Å². The van der Waals surface area contributed by atoms with Crippen LogP contribution in [0, 0.1) is 13.8 Å². The maximum atomic E-state index is 4.34. The van der Waals surface area contributed by atoms with E-state index in [4.69, 9.17) is 0 Å². The lowest BCUT2D eigenvalue weighted by molar-refractivity contribution is 0.874. The first-order chi connectivity index (χ1) is 8.56. The molecule has 0 radical (unpaired) electrons. The molecule has 18 heavy (non-hydrogen) atoms. The number of nitrogens with one attached hydrogen (secondary N) is 1. The van der Waals surface area contributed by atoms with Crippen molar-refractivity contribution < 1.29 is 0 Å². The van der Waals surface area contributed by atoms with Gasteiger partial charge in [0.1, 0.15) is 0 Å². The minimum atomic E-state index is 0.344. The summed E-state index contributed by atoms with van der Waals surface area (Å²) in [5.41, 5.74) is 4.75. The Kier molecular flexibility index (Phi) is 3.60. The zero-order valence-electron chi connectivity index (χ0n) is 11.4. The van der Waals surface area contributed by atoms with Crippen LogP contribution in [0.3, 0.4) is 0 Å². The average molecular weight is 241 g/mol. The first-order valence-electron chi connectivity index (χ1n) is 6.22. The van der Waals surface area contributed by atoms with Crippen LogP contribution in [0.1, 0.15) is 25.0 Å². The van der Waals surface area contributed by atoms with Crippen molar-refractivity contribution in [2.24, 2.45) is 0 Å². The normalized spacial score (nSPS) is 10.7. The number of rotatable bonds is 3. The van der Waals surface area contributed by atoms with Crippen molar-refractivity contribution in [2.45, 2.75) is 33.7 Å². The standard InChI is InChI=1S/C15H19N3/c1-10(2)18-15-16-8-13(9-17-15)14-7-11(3)5-6-12(14)4/h5-10H,1-4H3,(H,16,17,18). The highest BCUT2D eigenvalue weighted by molar-refractivity contribution is 5.66. The van der Waals surface area contributed by atoms with Crippen LogP contribution in [-0.2, 0) is 0 Å². The number of hydrogen-bond acceptors (Lipinski definition) is 3. The van der Waals surface area contributed by atoms with Gasteiger partial charge in [0.25, 0.3) is 0 Å². The van der Waals surface area contributed by atoms with E-state index in [0.717, 1.165) is 5.56 Å². The van der Waals surface area contributed by atoms with E-state index >= 15 is 0 Å². The van der Waals surface area contributed by atoms with Crippen LogP contribution in [-0.4, -0.2) is 16.0 Å². The molecule has 1 aromatic carbocycles. The molecular weight excluding hydrogens is 222 g/mol. The Morgan fingerprint density at radius 3 is 2.33 bits per heavy atom. The molecule has 94 valence electrons. The largest absolute Gasteiger partial charge is 0.352 e. The van der Waals surface area contributed by atoms with Gasteiger partial charge in [-0.05, 0) is 38.8 Å². The van der Waals surface area contributed by atoms with Crippen molar-refractivity contribution in [3.8, 4) is 11.1 Å². The molecule has 1 heterocycles. The Balaban J connectivity index is 2.31. The number of aryl methyl sites for hydroxylation is 2. The molecule has 0 unspecified atom stereocenters. The van der Waals surface area contributed by atoms with Gasteiger partial charge in [-0.25, -0.2) is 9.97 Å². The first-order valence-corrected chi connectivity index (χ1v) is 6.22. The van der Waals surface area contributed by atoms with Crippen LogP contribution in [0.25, 0.3) is 11.1 Å². The summed E-state index contributed by atoms with van der Waals surface area (Å²) >= 11 is 0. The Labute approximate surface area is 108 Å². The fraction of sp³-hybridized carbons (Fsp3) is 0.333. The summed E-state index contributed by atoms with van der Waals surface area (Å²) < 4.78 is 0. The zero-order valence-corrected chi connectivity index (χ0v) is 11.4. The minimum absolute atomic E-state index is 0.344. The summed E-state index contributed by atoms with van der Waals surface area (Å²) in [6, 6.07) is 6.76. The summed E-state index contributed by atoms with van der Waals surface area (Å²) in [4.78, 5) is 8.69. The maximum absolute atomic E-state index is 4.34. The van der Waals surface area contributed by atoms with E-state index in [2.05, 4.69) is 61.2 Å². The van der Waals surface area contributed by atoms with Crippen LogP contribution >= 0.6 is 0 Å². The molecule has 0 saturated heterocycles. The molecule has 1 N–H and O–H groups in total. The summed E-state index contributed by atoms with van der Waals surface area (Å²) in [6.45, 7) is 8.34. The molecule has 0 atom stereocenters. The van der Waals surface area contributed by atoms with Gasteiger partial charge in [0.15, 0.2) is 0 Å². The number of aromatic nitrogens is 2. The van der Waals surface area contributed by atoms with Gasteiger partial charge in [-0.3, -0.25) is 0 Å². The van der Waals surface area contributed by atoms with Crippen LogP contribution in [0.15, 0.2) is 30.6 Å². The van der Waals surface area contributed by atoms with Crippen molar-refractivity contribution in [3.63, 3.8) is 0 Å². The monoisotopic (exact) mass is 241 g/mol. The van der Waals surface area contributed by atoms with E-state index in [0.29, 0.717) is 12.0 Å². The van der Waals surface area contributed by atoms with E-state index in [1.807, 2.05) is 12.4 Å². The molecule has 0 fully saturated rings. The molecule has 1 aromatic heterocycles. The Morgan fingerprint density at radius 1 is 1.06 bits per heavy atom. The number of hydrogen-bond donors (Lipinski definition) is 1. The fourth-order valence-electron chi connectivity index (χ4n) is 1.85. The fourth-order valence-corrected chi connectivity index (χ4v) is 1.85. The van der Waals surface area contributed by atoms with Crippen LogP contribution in [0.2, 0.25) is 0 Å². The summed E-state index contributed by atoms with van der Waals surface area (Å²) in [7, 11) is 0. The van der Waals surface area contributed by atoms with Crippen molar-refractivity contribution in [2.75, 3.05) is 5.32 Å². The summed E-state index contributed by atoms with van der Waals surface area (Å²) in [6.07, 6.45) is 3.75. The lowest BCUT2D eigenvalue weighted by atomic mass is 10.0. The maximum Gasteiger partial charge on any atom is 0.222 e.